The van der Waals surface area contributed by atoms with Crippen LogP contribution in [-0.2, 0) is 6.18 Å². The number of rotatable bonds is 7. The molecular weight excluding hydrogens is 299 g/mol. The molecule has 0 aliphatic carbocycles. The molecule has 0 saturated carbocycles. The average Bonchev–Trinajstić information content (AvgIpc) is 2.37. The summed E-state index contributed by atoms with van der Waals surface area (Å²) in [4.78, 5) is 9.89. The Bertz CT molecular complexity index is 466. The Balaban J connectivity index is 2.78. The van der Waals surface area contributed by atoms with E-state index in [1.54, 1.807) is 0 Å². The fourth-order valence-electron chi connectivity index (χ4n) is 1.51. The van der Waals surface area contributed by atoms with Gasteiger partial charge in [0.1, 0.15) is 0 Å². The molecule has 0 N–H and O–H groups in total. The number of nitro benzene ring substituents is 1. The maximum absolute atomic E-state index is 12.5. The van der Waals surface area contributed by atoms with Crippen molar-refractivity contribution < 1.29 is 22.8 Å². The number of ether oxygens (including phenoxy) is 1. The number of alkyl halides is 4. The number of unbranched alkanes of at least 4 members (excludes halogenated alkanes) is 2. The molecule has 0 heterocycles. The largest absolute Gasteiger partial charge is 0.487 e. The van der Waals surface area contributed by atoms with Crippen LogP contribution in [0.15, 0.2) is 18.2 Å². The predicted octanol–water partition coefficient (Wildman–Crippen LogP) is 4.40. The maximum Gasteiger partial charge on any atom is 0.416 e. The molecule has 0 saturated heterocycles. The van der Waals surface area contributed by atoms with Crippen LogP contribution in [0.2, 0.25) is 0 Å². The minimum absolute atomic E-state index is 0.158. The Kier molecular flexibility index (Phi) is 6.06. The first-order valence-corrected chi connectivity index (χ1v) is 6.44. The van der Waals surface area contributed by atoms with E-state index in [1.807, 2.05) is 0 Å². The molecule has 0 bridgehead atoms. The van der Waals surface area contributed by atoms with Crippen molar-refractivity contribution in [3.63, 3.8) is 0 Å². The lowest BCUT2D eigenvalue weighted by atomic mass is 10.2. The van der Waals surface area contributed by atoms with E-state index in [4.69, 9.17) is 16.3 Å². The lowest BCUT2D eigenvalue weighted by molar-refractivity contribution is -0.386. The third kappa shape index (κ3) is 4.88. The summed E-state index contributed by atoms with van der Waals surface area (Å²) in [7, 11) is 0. The standard InChI is InChI=1S/C12H13ClF3NO3/c13-6-2-1-3-7-20-11-5-4-9(12(14,15)16)8-10(11)17(18)19/h4-5,8H,1-3,6-7H2. The second-order valence-electron chi connectivity index (χ2n) is 4.04. The van der Waals surface area contributed by atoms with Crippen molar-refractivity contribution in [3.05, 3.63) is 33.9 Å². The van der Waals surface area contributed by atoms with Gasteiger partial charge in [0.25, 0.3) is 0 Å². The molecule has 8 heteroatoms. The van der Waals surface area contributed by atoms with Crippen LogP contribution >= 0.6 is 11.6 Å². The van der Waals surface area contributed by atoms with E-state index < -0.39 is 22.4 Å². The van der Waals surface area contributed by atoms with Crippen molar-refractivity contribution in [1.29, 1.82) is 0 Å². The van der Waals surface area contributed by atoms with E-state index in [9.17, 15) is 23.3 Å². The van der Waals surface area contributed by atoms with E-state index in [0.29, 0.717) is 18.4 Å². The molecule has 0 aromatic heterocycles. The normalized spacial score (nSPS) is 11.4. The van der Waals surface area contributed by atoms with Crippen LogP contribution < -0.4 is 4.74 Å². The monoisotopic (exact) mass is 311 g/mol. The van der Waals surface area contributed by atoms with Gasteiger partial charge in [-0.05, 0) is 31.4 Å². The molecule has 0 atom stereocenters. The first-order chi connectivity index (χ1) is 9.36. The van der Waals surface area contributed by atoms with Gasteiger partial charge in [0.05, 0.1) is 17.1 Å². The summed E-state index contributed by atoms with van der Waals surface area (Å²) in [5.41, 5.74) is -1.75. The van der Waals surface area contributed by atoms with Gasteiger partial charge in [-0.1, -0.05) is 0 Å². The van der Waals surface area contributed by atoms with Gasteiger partial charge in [0, 0.05) is 11.9 Å². The van der Waals surface area contributed by atoms with Crippen LogP contribution in [0.25, 0.3) is 0 Å². The lowest BCUT2D eigenvalue weighted by Gasteiger charge is -2.10. The minimum Gasteiger partial charge on any atom is -0.487 e. The van der Waals surface area contributed by atoms with Crippen molar-refractivity contribution >= 4 is 17.3 Å². The molecule has 1 aromatic rings. The quantitative estimate of drug-likeness (QED) is 0.324. The Labute approximate surface area is 118 Å². The zero-order chi connectivity index (χ0) is 15.2. The third-order valence-corrected chi connectivity index (χ3v) is 2.79. The topological polar surface area (TPSA) is 52.4 Å². The Morgan fingerprint density at radius 1 is 1.25 bits per heavy atom. The van der Waals surface area contributed by atoms with Crippen LogP contribution in [0.4, 0.5) is 18.9 Å². The number of hydrogen-bond acceptors (Lipinski definition) is 3. The second kappa shape index (κ2) is 7.33. The molecule has 0 amide bonds. The maximum atomic E-state index is 12.5. The highest BCUT2D eigenvalue weighted by Crippen LogP contribution is 2.36. The van der Waals surface area contributed by atoms with Gasteiger partial charge in [0.15, 0.2) is 5.75 Å². The Hall–Kier alpha value is -1.50. The molecule has 112 valence electrons. The zero-order valence-electron chi connectivity index (χ0n) is 10.5. The van der Waals surface area contributed by atoms with Crippen LogP contribution in [0.1, 0.15) is 24.8 Å². The molecule has 1 rings (SSSR count). The molecule has 20 heavy (non-hydrogen) atoms. The van der Waals surface area contributed by atoms with E-state index in [0.717, 1.165) is 25.0 Å². The van der Waals surface area contributed by atoms with E-state index >= 15 is 0 Å². The van der Waals surface area contributed by atoms with Crippen molar-refractivity contribution in [2.75, 3.05) is 12.5 Å². The highest BCUT2D eigenvalue weighted by atomic mass is 35.5. The van der Waals surface area contributed by atoms with Crippen molar-refractivity contribution in [2.24, 2.45) is 0 Å². The van der Waals surface area contributed by atoms with Gasteiger partial charge in [-0.15, -0.1) is 11.6 Å². The van der Waals surface area contributed by atoms with Gasteiger partial charge in [-0.25, -0.2) is 0 Å². The lowest BCUT2D eigenvalue weighted by Crippen LogP contribution is -2.07. The van der Waals surface area contributed by atoms with Gasteiger partial charge in [0.2, 0.25) is 0 Å². The van der Waals surface area contributed by atoms with E-state index in [1.165, 1.54) is 0 Å². The molecule has 0 radical (unpaired) electrons. The summed E-state index contributed by atoms with van der Waals surface area (Å²) in [5.74, 6) is 0.356. The van der Waals surface area contributed by atoms with Crippen LogP contribution in [0, 0.1) is 10.1 Å². The number of nitrogens with zero attached hydrogens (tertiary/aromatic N) is 1. The molecule has 0 unspecified atom stereocenters. The molecular formula is C12H13ClF3NO3. The Morgan fingerprint density at radius 3 is 2.50 bits per heavy atom. The molecule has 4 nitrogen and oxygen atoms in total. The fraction of sp³-hybridized carbons (Fsp3) is 0.500. The summed E-state index contributed by atoms with van der Waals surface area (Å²) < 4.78 is 42.6. The predicted molar refractivity (Wildman–Crippen MR) is 68.2 cm³/mol. The third-order valence-electron chi connectivity index (χ3n) is 2.52. The highest BCUT2D eigenvalue weighted by Gasteiger charge is 2.33. The van der Waals surface area contributed by atoms with E-state index in [2.05, 4.69) is 0 Å². The van der Waals surface area contributed by atoms with Gasteiger partial charge in [-0.2, -0.15) is 13.2 Å². The van der Waals surface area contributed by atoms with Crippen LogP contribution in [-0.4, -0.2) is 17.4 Å². The van der Waals surface area contributed by atoms with Crippen molar-refractivity contribution in [3.8, 4) is 5.75 Å². The summed E-state index contributed by atoms with van der Waals surface area (Å²) in [5, 5.41) is 10.8. The van der Waals surface area contributed by atoms with Gasteiger partial charge in [-0.3, -0.25) is 10.1 Å². The second-order valence-corrected chi connectivity index (χ2v) is 4.41. The average molecular weight is 312 g/mol. The fourth-order valence-corrected chi connectivity index (χ4v) is 1.70. The molecule has 0 aliphatic rings. The summed E-state index contributed by atoms with van der Waals surface area (Å²) in [6.45, 7) is 0.198. The van der Waals surface area contributed by atoms with Crippen molar-refractivity contribution in [1.82, 2.24) is 0 Å². The number of nitro groups is 1. The van der Waals surface area contributed by atoms with E-state index in [-0.39, 0.29) is 12.4 Å². The number of benzene rings is 1. The number of hydrogen-bond donors (Lipinski definition) is 0. The minimum atomic E-state index is -4.62. The van der Waals surface area contributed by atoms with Gasteiger partial charge >= 0.3 is 11.9 Å². The molecule has 1 aromatic carbocycles. The first kappa shape index (κ1) is 16.6. The molecule has 0 fully saturated rings. The summed E-state index contributed by atoms with van der Waals surface area (Å²) in [6, 6.07) is 2.22. The highest BCUT2D eigenvalue weighted by molar-refractivity contribution is 6.17. The SMILES string of the molecule is O=[N+]([O-])c1cc(C(F)(F)F)ccc1OCCCCCCl. The van der Waals surface area contributed by atoms with Crippen molar-refractivity contribution in [2.45, 2.75) is 25.4 Å². The summed E-state index contributed by atoms with van der Waals surface area (Å²) in [6.07, 6.45) is -2.41. The smallest absolute Gasteiger partial charge is 0.416 e. The first-order valence-electron chi connectivity index (χ1n) is 5.90. The Morgan fingerprint density at radius 2 is 1.95 bits per heavy atom. The molecule has 0 aliphatic heterocycles. The summed E-state index contributed by atoms with van der Waals surface area (Å²) >= 11 is 5.49. The van der Waals surface area contributed by atoms with Crippen LogP contribution in [0.3, 0.4) is 0 Å². The molecule has 0 spiro atoms. The zero-order valence-corrected chi connectivity index (χ0v) is 11.2. The van der Waals surface area contributed by atoms with Gasteiger partial charge < -0.3 is 4.74 Å². The van der Waals surface area contributed by atoms with Crippen LogP contribution in [0.5, 0.6) is 5.75 Å². The number of halogens is 4.